The van der Waals surface area contributed by atoms with Crippen molar-refractivity contribution < 1.29 is 19.0 Å². The van der Waals surface area contributed by atoms with Gasteiger partial charge in [0, 0.05) is 5.56 Å². The van der Waals surface area contributed by atoms with Gasteiger partial charge in [0.05, 0.1) is 6.61 Å². The van der Waals surface area contributed by atoms with Crippen LogP contribution in [-0.4, -0.2) is 25.6 Å². The fourth-order valence-electron chi connectivity index (χ4n) is 2.04. The maximum absolute atomic E-state index is 12.2. The van der Waals surface area contributed by atoms with Crippen molar-refractivity contribution >= 4 is 5.78 Å². The average molecular weight is 246 g/mol. The van der Waals surface area contributed by atoms with Crippen LogP contribution >= 0.6 is 0 Å². The van der Waals surface area contributed by atoms with Crippen LogP contribution in [0, 0.1) is 0 Å². The highest BCUT2D eigenvalue weighted by Crippen LogP contribution is 2.31. The number of Topliss-reactive ketones (excluding diaryl/α,β-unsaturated/α-hetero) is 1. The van der Waals surface area contributed by atoms with Crippen LogP contribution < -0.4 is 9.47 Å². The van der Waals surface area contributed by atoms with Gasteiger partial charge < -0.3 is 14.2 Å². The molecule has 0 atom stereocenters. The van der Waals surface area contributed by atoms with Gasteiger partial charge in [-0.05, 0) is 37.1 Å². The molecule has 0 fully saturated rings. The lowest BCUT2D eigenvalue weighted by molar-refractivity contribution is 0.0898. The highest BCUT2D eigenvalue weighted by molar-refractivity contribution is 6.07. The van der Waals surface area contributed by atoms with E-state index >= 15 is 0 Å². The second kappa shape index (κ2) is 4.72. The summed E-state index contributed by atoms with van der Waals surface area (Å²) >= 11 is 0. The average Bonchev–Trinajstić information content (AvgIpc) is 2.47. The second-order valence-corrected chi connectivity index (χ2v) is 4.25. The van der Waals surface area contributed by atoms with E-state index in [-0.39, 0.29) is 5.78 Å². The van der Waals surface area contributed by atoms with E-state index in [0.717, 1.165) is 12.8 Å². The maximum Gasteiger partial charge on any atom is 0.227 e. The Hall–Kier alpha value is -1.97. The minimum absolute atomic E-state index is 0.0910. The highest BCUT2D eigenvalue weighted by Gasteiger charge is 2.19. The largest absolute Gasteiger partial charge is 0.490 e. The standard InChI is InChI=1S/C14H14O4/c15-14(12-3-1-2-6-16-12)10-4-5-11-13(9-10)18-8-7-17-11/h3-5,9H,1-2,6-8H2. The van der Waals surface area contributed by atoms with Crippen molar-refractivity contribution in [3.8, 4) is 11.5 Å². The number of ketones is 1. The van der Waals surface area contributed by atoms with Crippen LogP contribution in [0.15, 0.2) is 30.0 Å². The molecule has 94 valence electrons. The van der Waals surface area contributed by atoms with Gasteiger partial charge in [0.15, 0.2) is 17.3 Å². The van der Waals surface area contributed by atoms with E-state index in [1.807, 2.05) is 6.08 Å². The van der Waals surface area contributed by atoms with Crippen molar-refractivity contribution in [1.82, 2.24) is 0 Å². The Morgan fingerprint density at radius 3 is 2.61 bits per heavy atom. The molecule has 2 heterocycles. The van der Waals surface area contributed by atoms with E-state index in [9.17, 15) is 4.79 Å². The first kappa shape index (κ1) is 11.1. The first-order valence-electron chi connectivity index (χ1n) is 6.12. The molecule has 2 aliphatic heterocycles. The number of ether oxygens (including phenoxy) is 3. The summed E-state index contributed by atoms with van der Waals surface area (Å²) in [6, 6.07) is 5.23. The first-order valence-corrected chi connectivity index (χ1v) is 6.12. The van der Waals surface area contributed by atoms with Crippen LogP contribution in [0.4, 0.5) is 0 Å². The summed E-state index contributed by atoms with van der Waals surface area (Å²) in [4.78, 5) is 12.2. The first-order chi connectivity index (χ1) is 8.84. The van der Waals surface area contributed by atoms with Gasteiger partial charge >= 0.3 is 0 Å². The summed E-state index contributed by atoms with van der Waals surface area (Å²) in [6.45, 7) is 1.68. The lowest BCUT2D eigenvalue weighted by atomic mass is 10.1. The Kier molecular flexibility index (Phi) is 2.92. The number of benzene rings is 1. The molecule has 0 amide bonds. The van der Waals surface area contributed by atoms with Gasteiger partial charge in [-0.15, -0.1) is 0 Å². The minimum Gasteiger partial charge on any atom is -0.490 e. The van der Waals surface area contributed by atoms with Crippen molar-refractivity contribution in [2.75, 3.05) is 19.8 Å². The Bertz CT molecular complexity index is 505. The predicted molar refractivity (Wildman–Crippen MR) is 65.0 cm³/mol. The van der Waals surface area contributed by atoms with Gasteiger partial charge in [-0.1, -0.05) is 0 Å². The predicted octanol–water partition coefficient (Wildman–Crippen LogP) is 2.33. The molecule has 3 rings (SSSR count). The third-order valence-corrected chi connectivity index (χ3v) is 2.96. The van der Waals surface area contributed by atoms with Crippen molar-refractivity contribution in [3.05, 3.63) is 35.6 Å². The molecule has 0 saturated heterocycles. The maximum atomic E-state index is 12.2. The van der Waals surface area contributed by atoms with Crippen molar-refractivity contribution in [3.63, 3.8) is 0 Å². The Morgan fingerprint density at radius 2 is 1.83 bits per heavy atom. The SMILES string of the molecule is O=C(C1=CCCCO1)c1ccc2c(c1)OCCO2. The van der Waals surface area contributed by atoms with E-state index in [0.29, 0.717) is 42.6 Å². The lowest BCUT2D eigenvalue weighted by Gasteiger charge is -2.19. The smallest absolute Gasteiger partial charge is 0.227 e. The van der Waals surface area contributed by atoms with Gasteiger partial charge in [-0.25, -0.2) is 0 Å². The molecule has 1 aromatic carbocycles. The molecule has 0 aromatic heterocycles. The summed E-state index contributed by atoms with van der Waals surface area (Å²) in [5.41, 5.74) is 0.576. The Labute approximate surface area is 105 Å². The molecule has 0 radical (unpaired) electrons. The molecule has 4 nitrogen and oxygen atoms in total. The number of carbonyl (C=O) groups is 1. The summed E-state index contributed by atoms with van der Waals surface area (Å²) in [7, 11) is 0. The van der Waals surface area contributed by atoms with Gasteiger partial charge in [0.1, 0.15) is 13.2 Å². The van der Waals surface area contributed by atoms with E-state index in [1.165, 1.54) is 0 Å². The number of rotatable bonds is 2. The van der Waals surface area contributed by atoms with Crippen molar-refractivity contribution in [2.24, 2.45) is 0 Å². The van der Waals surface area contributed by atoms with Gasteiger partial charge in [0.2, 0.25) is 5.78 Å². The molecule has 4 heteroatoms. The molecule has 0 saturated carbocycles. The lowest BCUT2D eigenvalue weighted by Crippen LogP contribution is -2.16. The number of hydrogen-bond donors (Lipinski definition) is 0. The van der Waals surface area contributed by atoms with Crippen LogP contribution in [0.2, 0.25) is 0 Å². The Balaban J connectivity index is 1.87. The molecule has 0 N–H and O–H groups in total. The normalized spacial score (nSPS) is 17.7. The van der Waals surface area contributed by atoms with Crippen molar-refractivity contribution in [1.29, 1.82) is 0 Å². The van der Waals surface area contributed by atoms with Crippen LogP contribution in [0.5, 0.6) is 11.5 Å². The van der Waals surface area contributed by atoms with Gasteiger partial charge in [-0.3, -0.25) is 4.79 Å². The van der Waals surface area contributed by atoms with Gasteiger partial charge in [-0.2, -0.15) is 0 Å². The quantitative estimate of drug-likeness (QED) is 0.751. The van der Waals surface area contributed by atoms with Crippen LogP contribution in [-0.2, 0) is 4.74 Å². The van der Waals surface area contributed by atoms with E-state index in [2.05, 4.69) is 0 Å². The topological polar surface area (TPSA) is 44.8 Å². The molecular weight excluding hydrogens is 232 g/mol. The van der Waals surface area contributed by atoms with Gasteiger partial charge in [0.25, 0.3) is 0 Å². The van der Waals surface area contributed by atoms with E-state index in [1.54, 1.807) is 18.2 Å². The third kappa shape index (κ3) is 2.06. The molecule has 0 aliphatic carbocycles. The fraction of sp³-hybridized carbons (Fsp3) is 0.357. The van der Waals surface area contributed by atoms with Crippen LogP contribution in [0.1, 0.15) is 23.2 Å². The summed E-state index contributed by atoms with van der Waals surface area (Å²) in [5, 5.41) is 0. The molecule has 2 aliphatic rings. The molecular formula is C14H14O4. The van der Waals surface area contributed by atoms with Crippen LogP contribution in [0.25, 0.3) is 0 Å². The van der Waals surface area contributed by atoms with E-state index < -0.39 is 0 Å². The highest BCUT2D eigenvalue weighted by atomic mass is 16.6. The monoisotopic (exact) mass is 246 g/mol. The number of fused-ring (bicyclic) bond motifs is 1. The number of allylic oxidation sites excluding steroid dienone is 2. The molecule has 1 aromatic rings. The van der Waals surface area contributed by atoms with Crippen molar-refractivity contribution in [2.45, 2.75) is 12.8 Å². The molecule has 0 unspecified atom stereocenters. The molecule has 0 bridgehead atoms. The fourth-order valence-corrected chi connectivity index (χ4v) is 2.04. The second-order valence-electron chi connectivity index (χ2n) is 4.25. The Morgan fingerprint density at radius 1 is 1.00 bits per heavy atom. The molecule has 0 spiro atoms. The summed E-state index contributed by atoms with van der Waals surface area (Å²) in [6.07, 6.45) is 3.71. The zero-order chi connectivity index (χ0) is 12.4. The summed E-state index contributed by atoms with van der Waals surface area (Å²) in [5.74, 6) is 1.67. The zero-order valence-electron chi connectivity index (χ0n) is 9.98. The minimum atomic E-state index is -0.0910. The summed E-state index contributed by atoms with van der Waals surface area (Å²) < 4.78 is 16.3. The van der Waals surface area contributed by atoms with E-state index in [4.69, 9.17) is 14.2 Å². The third-order valence-electron chi connectivity index (χ3n) is 2.96. The molecule has 18 heavy (non-hydrogen) atoms. The number of hydrogen-bond acceptors (Lipinski definition) is 4. The van der Waals surface area contributed by atoms with Crippen LogP contribution in [0.3, 0.4) is 0 Å². The zero-order valence-corrected chi connectivity index (χ0v) is 9.98. The number of carbonyl (C=O) groups excluding carboxylic acids is 1.